The van der Waals surface area contributed by atoms with E-state index in [2.05, 4.69) is 0 Å². The predicted molar refractivity (Wildman–Crippen MR) is 49.9 cm³/mol. The van der Waals surface area contributed by atoms with E-state index < -0.39 is 0 Å². The lowest BCUT2D eigenvalue weighted by Gasteiger charge is -2.07. The molecule has 0 heterocycles. The second kappa shape index (κ2) is 3.70. The molecule has 1 aromatic carbocycles. The Bertz CT molecular complexity index is 264. The van der Waals surface area contributed by atoms with Crippen molar-refractivity contribution < 1.29 is 4.39 Å². The summed E-state index contributed by atoms with van der Waals surface area (Å²) in [6.45, 7) is 6.04. The van der Waals surface area contributed by atoms with Crippen LogP contribution in [0.15, 0.2) is 18.2 Å². The highest BCUT2D eigenvalue weighted by Crippen LogP contribution is 2.19. The highest BCUT2D eigenvalue weighted by atomic mass is 19.1. The Morgan fingerprint density at radius 2 is 2.00 bits per heavy atom. The summed E-state index contributed by atoms with van der Waals surface area (Å²) >= 11 is 0. The third-order valence-corrected chi connectivity index (χ3v) is 2.10. The van der Waals surface area contributed by atoms with E-state index >= 15 is 0 Å². The van der Waals surface area contributed by atoms with Gasteiger partial charge in [-0.1, -0.05) is 32.9 Å². The van der Waals surface area contributed by atoms with E-state index in [9.17, 15) is 4.39 Å². The van der Waals surface area contributed by atoms with Gasteiger partial charge >= 0.3 is 0 Å². The fourth-order valence-electron chi connectivity index (χ4n) is 1.26. The zero-order valence-electron chi connectivity index (χ0n) is 7.89. The van der Waals surface area contributed by atoms with E-state index in [0.717, 1.165) is 17.5 Å². The number of hydrogen-bond donors (Lipinski definition) is 0. The van der Waals surface area contributed by atoms with Crippen LogP contribution < -0.4 is 0 Å². The van der Waals surface area contributed by atoms with Crippen LogP contribution in [0.5, 0.6) is 0 Å². The molecule has 0 spiro atoms. The minimum absolute atomic E-state index is 0.0654. The molecule has 0 atom stereocenters. The molecule has 0 bridgehead atoms. The van der Waals surface area contributed by atoms with Crippen LogP contribution in [0.1, 0.15) is 37.8 Å². The van der Waals surface area contributed by atoms with Crippen molar-refractivity contribution in [3.8, 4) is 0 Å². The Balaban J connectivity index is 3.03. The van der Waals surface area contributed by atoms with Crippen molar-refractivity contribution in [3.05, 3.63) is 35.1 Å². The maximum Gasteiger partial charge on any atom is 0.126 e. The van der Waals surface area contributed by atoms with Crippen LogP contribution in [0.25, 0.3) is 0 Å². The normalized spacial score (nSPS) is 10.8. The van der Waals surface area contributed by atoms with Crippen molar-refractivity contribution >= 4 is 0 Å². The molecular formula is C11H15F. The van der Waals surface area contributed by atoms with Gasteiger partial charge in [0.2, 0.25) is 0 Å². The highest BCUT2D eigenvalue weighted by molar-refractivity contribution is 5.26. The van der Waals surface area contributed by atoms with E-state index in [1.165, 1.54) is 0 Å². The van der Waals surface area contributed by atoms with Gasteiger partial charge in [0, 0.05) is 0 Å². The Kier molecular flexibility index (Phi) is 2.85. The lowest BCUT2D eigenvalue weighted by Crippen LogP contribution is -1.94. The zero-order valence-corrected chi connectivity index (χ0v) is 7.89. The summed E-state index contributed by atoms with van der Waals surface area (Å²) in [5.41, 5.74) is 1.88. The van der Waals surface area contributed by atoms with Crippen molar-refractivity contribution in [2.75, 3.05) is 0 Å². The quantitative estimate of drug-likeness (QED) is 0.630. The molecule has 0 N–H and O–H groups in total. The molecule has 0 aliphatic carbocycles. The van der Waals surface area contributed by atoms with E-state index in [0.29, 0.717) is 0 Å². The van der Waals surface area contributed by atoms with Crippen molar-refractivity contribution in [2.24, 2.45) is 0 Å². The molecule has 0 aliphatic heterocycles. The second-order valence-corrected chi connectivity index (χ2v) is 3.36. The van der Waals surface area contributed by atoms with Crippen LogP contribution in [0.2, 0.25) is 0 Å². The first-order chi connectivity index (χ1) is 5.65. The van der Waals surface area contributed by atoms with Crippen LogP contribution in [0.4, 0.5) is 4.39 Å². The molecule has 0 unspecified atom stereocenters. The molecule has 0 radical (unpaired) electrons. The summed E-state index contributed by atoms with van der Waals surface area (Å²) in [6.07, 6.45) is 0.898. The standard InChI is InChI=1S/C11H15F/c1-4-9-5-6-10(8(2)3)11(12)7-9/h5-8H,4H2,1-3H3. The van der Waals surface area contributed by atoms with Gasteiger partial charge in [-0.3, -0.25) is 0 Å². The van der Waals surface area contributed by atoms with Gasteiger partial charge in [0.05, 0.1) is 0 Å². The minimum atomic E-state index is -0.0654. The van der Waals surface area contributed by atoms with E-state index in [-0.39, 0.29) is 11.7 Å². The topological polar surface area (TPSA) is 0 Å². The minimum Gasteiger partial charge on any atom is -0.207 e. The maximum absolute atomic E-state index is 13.3. The van der Waals surface area contributed by atoms with Gasteiger partial charge in [0.25, 0.3) is 0 Å². The lowest BCUT2D eigenvalue weighted by molar-refractivity contribution is 0.596. The summed E-state index contributed by atoms with van der Waals surface area (Å²) in [7, 11) is 0. The average Bonchev–Trinajstić information content (AvgIpc) is 2.03. The van der Waals surface area contributed by atoms with Crippen LogP contribution in [-0.4, -0.2) is 0 Å². The molecule has 0 saturated carbocycles. The van der Waals surface area contributed by atoms with Crippen LogP contribution in [0.3, 0.4) is 0 Å². The number of halogens is 1. The van der Waals surface area contributed by atoms with Crippen molar-refractivity contribution in [1.29, 1.82) is 0 Å². The summed E-state index contributed by atoms with van der Waals surface area (Å²) in [6, 6.07) is 5.52. The fraction of sp³-hybridized carbons (Fsp3) is 0.455. The number of aryl methyl sites for hydroxylation is 1. The lowest BCUT2D eigenvalue weighted by atomic mass is 10.0. The first kappa shape index (κ1) is 9.24. The van der Waals surface area contributed by atoms with Gasteiger partial charge in [-0.15, -0.1) is 0 Å². The van der Waals surface area contributed by atoms with Gasteiger partial charge in [0.15, 0.2) is 0 Å². The van der Waals surface area contributed by atoms with E-state index in [1.54, 1.807) is 6.07 Å². The average molecular weight is 166 g/mol. The smallest absolute Gasteiger partial charge is 0.126 e. The first-order valence-electron chi connectivity index (χ1n) is 4.43. The van der Waals surface area contributed by atoms with Gasteiger partial charge in [0.1, 0.15) is 5.82 Å². The third-order valence-electron chi connectivity index (χ3n) is 2.10. The van der Waals surface area contributed by atoms with Crippen LogP contribution in [-0.2, 0) is 6.42 Å². The molecule has 1 rings (SSSR count). The number of rotatable bonds is 2. The van der Waals surface area contributed by atoms with Crippen molar-refractivity contribution in [3.63, 3.8) is 0 Å². The summed E-state index contributed by atoms with van der Waals surface area (Å²) in [5, 5.41) is 0. The van der Waals surface area contributed by atoms with Crippen LogP contribution >= 0.6 is 0 Å². The molecule has 0 fully saturated rings. The van der Waals surface area contributed by atoms with Gasteiger partial charge in [-0.25, -0.2) is 4.39 Å². The Morgan fingerprint density at radius 3 is 2.42 bits per heavy atom. The molecule has 1 aromatic rings. The van der Waals surface area contributed by atoms with Gasteiger partial charge in [-0.05, 0) is 29.5 Å². The van der Waals surface area contributed by atoms with Gasteiger partial charge < -0.3 is 0 Å². The molecule has 12 heavy (non-hydrogen) atoms. The molecule has 0 amide bonds. The molecule has 66 valence electrons. The molecule has 0 aliphatic rings. The molecule has 0 nitrogen and oxygen atoms in total. The van der Waals surface area contributed by atoms with Gasteiger partial charge in [-0.2, -0.15) is 0 Å². The molecular weight excluding hydrogens is 151 g/mol. The Hall–Kier alpha value is -0.850. The molecule has 1 heteroatoms. The highest BCUT2D eigenvalue weighted by Gasteiger charge is 2.05. The fourth-order valence-corrected chi connectivity index (χ4v) is 1.26. The Labute approximate surface area is 73.4 Å². The first-order valence-corrected chi connectivity index (χ1v) is 4.43. The van der Waals surface area contributed by atoms with E-state index in [1.807, 2.05) is 32.9 Å². The summed E-state index contributed by atoms with van der Waals surface area (Å²) < 4.78 is 13.3. The zero-order chi connectivity index (χ0) is 9.14. The SMILES string of the molecule is CCc1ccc(C(C)C)c(F)c1. The summed E-state index contributed by atoms with van der Waals surface area (Å²) in [5.74, 6) is 0.209. The largest absolute Gasteiger partial charge is 0.207 e. The van der Waals surface area contributed by atoms with Crippen molar-refractivity contribution in [2.45, 2.75) is 33.1 Å². The second-order valence-electron chi connectivity index (χ2n) is 3.36. The predicted octanol–water partition coefficient (Wildman–Crippen LogP) is 3.51. The third kappa shape index (κ3) is 1.84. The number of hydrogen-bond acceptors (Lipinski definition) is 0. The number of benzene rings is 1. The van der Waals surface area contributed by atoms with Crippen molar-refractivity contribution in [1.82, 2.24) is 0 Å². The van der Waals surface area contributed by atoms with Crippen LogP contribution in [0, 0.1) is 5.82 Å². The molecule has 0 aromatic heterocycles. The Morgan fingerprint density at radius 1 is 1.33 bits per heavy atom. The maximum atomic E-state index is 13.3. The van der Waals surface area contributed by atoms with E-state index in [4.69, 9.17) is 0 Å². The monoisotopic (exact) mass is 166 g/mol. The summed E-state index contributed by atoms with van der Waals surface area (Å²) in [4.78, 5) is 0. The molecule has 0 saturated heterocycles.